The van der Waals surface area contributed by atoms with Crippen LogP contribution in [-0.2, 0) is 0 Å². The third-order valence-electron chi connectivity index (χ3n) is 4.04. The van der Waals surface area contributed by atoms with Crippen LogP contribution in [0.5, 0.6) is 0 Å². The number of benzene rings is 1. The molecule has 1 fully saturated rings. The van der Waals surface area contributed by atoms with Gasteiger partial charge in [-0.3, -0.25) is 4.79 Å². The standard InChI is InChI=1S/C17H16N4OS/c22-16(15-6-5-12-3-1-2-4-14(12)20-15)19-13-7-9-21(11-13)17-18-8-10-23-17/h1-6,8,10,13H,7,9,11H2,(H,19,22). The molecule has 23 heavy (non-hydrogen) atoms. The Morgan fingerprint density at radius 1 is 1.26 bits per heavy atom. The molecule has 1 N–H and O–H groups in total. The second-order valence-electron chi connectivity index (χ2n) is 5.61. The van der Waals surface area contributed by atoms with E-state index in [1.165, 1.54) is 0 Å². The van der Waals surface area contributed by atoms with E-state index in [2.05, 4.69) is 20.2 Å². The number of nitrogens with one attached hydrogen (secondary N) is 1. The van der Waals surface area contributed by atoms with Crippen molar-refractivity contribution in [2.45, 2.75) is 12.5 Å². The van der Waals surface area contributed by atoms with E-state index < -0.39 is 0 Å². The molecule has 1 amide bonds. The summed E-state index contributed by atoms with van der Waals surface area (Å²) in [7, 11) is 0. The molecule has 6 heteroatoms. The predicted molar refractivity (Wildman–Crippen MR) is 91.9 cm³/mol. The van der Waals surface area contributed by atoms with E-state index in [9.17, 15) is 4.79 Å². The molecule has 116 valence electrons. The Morgan fingerprint density at radius 3 is 3.04 bits per heavy atom. The summed E-state index contributed by atoms with van der Waals surface area (Å²) in [5.74, 6) is -0.109. The van der Waals surface area contributed by atoms with Crippen molar-refractivity contribution in [2.75, 3.05) is 18.0 Å². The van der Waals surface area contributed by atoms with E-state index in [4.69, 9.17) is 0 Å². The van der Waals surface area contributed by atoms with Crippen molar-refractivity contribution in [1.82, 2.24) is 15.3 Å². The van der Waals surface area contributed by atoms with Crippen molar-refractivity contribution < 1.29 is 4.79 Å². The van der Waals surface area contributed by atoms with Gasteiger partial charge in [0.15, 0.2) is 5.13 Å². The number of nitrogens with zero attached hydrogens (tertiary/aromatic N) is 3. The summed E-state index contributed by atoms with van der Waals surface area (Å²) in [5, 5.41) is 7.12. The van der Waals surface area contributed by atoms with Gasteiger partial charge in [0.25, 0.3) is 5.91 Å². The zero-order valence-corrected chi connectivity index (χ0v) is 13.3. The maximum Gasteiger partial charge on any atom is 0.270 e. The van der Waals surface area contributed by atoms with Crippen LogP contribution in [0, 0.1) is 0 Å². The van der Waals surface area contributed by atoms with Crippen LogP contribution in [0.1, 0.15) is 16.9 Å². The largest absolute Gasteiger partial charge is 0.346 e. The average molecular weight is 324 g/mol. The van der Waals surface area contributed by atoms with Crippen molar-refractivity contribution in [2.24, 2.45) is 0 Å². The molecule has 0 radical (unpaired) electrons. The highest BCUT2D eigenvalue weighted by Gasteiger charge is 2.25. The van der Waals surface area contributed by atoms with Gasteiger partial charge in [0.1, 0.15) is 5.69 Å². The average Bonchev–Trinajstić information content (AvgIpc) is 3.25. The molecule has 0 spiro atoms. The first kappa shape index (κ1) is 14.1. The lowest BCUT2D eigenvalue weighted by Gasteiger charge is -2.15. The van der Waals surface area contributed by atoms with Crippen LogP contribution >= 0.6 is 11.3 Å². The highest BCUT2D eigenvalue weighted by molar-refractivity contribution is 7.13. The van der Waals surface area contributed by atoms with Gasteiger partial charge < -0.3 is 10.2 Å². The topological polar surface area (TPSA) is 58.1 Å². The Hall–Kier alpha value is -2.47. The van der Waals surface area contributed by atoms with Crippen molar-refractivity contribution in [3.8, 4) is 0 Å². The highest BCUT2D eigenvalue weighted by atomic mass is 32.1. The summed E-state index contributed by atoms with van der Waals surface area (Å²) < 4.78 is 0. The van der Waals surface area contributed by atoms with Crippen LogP contribution < -0.4 is 10.2 Å². The molecule has 1 aliphatic rings. The normalized spacial score (nSPS) is 17.6. The van der Waals surface area contributed by atoms with E-state index in [1.807, 2.05) is 41.9 Å². The molecule has 1 aromatic carbocycles. The van der Waals surface area contributed by atoms with Gasteiger partial charge in [-0.2, -0.15) is 0 Å². The Labute approximate surface area is 138 Å². The summed E-state index contributed by atoms with van der Waals surface area (Å²) in [6, 6.07) is 11.7. The summed E-state index contributed by atoms with van der Waals surface area (Å²) in [6.07, 6.45) is 2.74. The van der Waals surface area contributed by atoms with Crippen LogP contribution in [0.4, 0.5) is 5.13 Å². The van der Waals surface area contributed by atoms with E-state index in [0.29, 0.717) is 5.69 Å². The quantitative estimate of drug-likeness (QED) is 0.805. The van der Waals surface area contributed by atoms with Gasteiger partial charge in [-0.15, -0.1) is 11.3 Å². The molecule has 1 aliphatic heterocycles. The van der Waals surface area contributed by atoms with E-state index in [1.54, 1.807) is 17.4 Å². The first-order valence-corrected chi connectivity index (χ1v) is 8.49. The minimum Gasteiger partial charge on any atom is -0.346 e. The smallest absolute Gasteiger partial charge is 0.270 e. The van der Waals surface area contributed by atoms with E-state index >= 15 is 0 Å². The molecule has 0 aliphatic carbocycles. The highest BCUT2D eigenvalue weighted by Crippen LogP contribution is 2.22. The number of rotatable bonds is 3. The number of pyridine rings is 1. The molecule has 4 rings (SSSR count). The number of para-hydroxylation sites is 1. The summed E-state index contributed by atoms with van der Waals surface area (Å²) >= 11 is 1.63. The zero-order chi connectivity index (χ0) is 15.6. The maximum atomic E-state index is 12.4. The second-order valence-corrected chi connectivity index (χ2v) is 6.48. The number of carbonyl (C=O) groups excluding carboxylic acids is 1. The van der Waals surface area contributed by atoms with Crippen LogP contribution in [0.25, 0.3) is 10.9 Å². The number of hydrogen-bond acceptors (Lipinski definition) is 5. The fourth-order valence-corrected chi connectivity index (χ4v) is 3.56. The molecule has 1 saturated heterocycles. The van der Waals surface area contributed by atoms with Crippen LogP contribution in [0.3, 0.4) is 0 Å². The third kappa shape index (κ3) is 2.90. The molecule has 3 aromatic rings. The predicted octanol–water partition coefficient (Wildman–Crippen LogP) is 2.70. The molecule has 5 nitrogen and oxygen atoms in total. The van der Waals surface area contributed by atoms with Gasteiger partial charge >= 0.3 is 0 Å². The Kier molecular flexibility index (Phi) is 3.67. The maximum absolute atomic E-state index is 12.4. The molecular formula is C17H16N4OS. The van der Waals surface area contributed by atoms with Crippen molar-refractivity contribution in [3.05, 3.63) is 53.7 Å². The minimum atomic E-state index is -0.109. The van der Waals surface area contributed by atoms with Crippen LogP contribution in [-0.4, -0.2) is 35.0 Å². The fraction of sp³-hybridized carbons (Fsp3) is 0.235. The first-order chi connectivity index (χ1) is 11.3. The zero-order valence-electron chi connectivity index (χ0n) is 12.5. The van der Waals surface area contributed by atoms with Gasteiger partial charge in [0, 0.05) is 36.1 Å². The van der Waals surface area contributed by atoms with Crippen molar-refractivity contribution in [3.63, 3.8) is 0 Å². The van der Waals surface area contributed by atoms with Crippen LogP contribution in [0.15, 0.2) is 48.0 Å². The number of hydrogen-bond donors (Lipinski definition) is 1. The first-order valence-electron chi connectivity index (χ1n) is 7.61. The second kappa shape index (κ2) is 5.96. The summed E-state index contributed by atoms with van der Waals surface area (Å²) in [4.78, 5) is 23.4. The number of anilines is 1. The SMILES string of the molecule is O=C(NC1CCN(c2nccs2)C1)c1ccc2ccccc2n1. The molecular weight excluding hydrogens is 308 g/mol. The molecule has 0 saturated carbocycles. The summed E-state index contributed by atoms with van der Waals surface area (Å²) in [6.45, 7) is 1.72. The molecule has 2 aromatic heterocycles. The number of thiazole rings is 1. The molecule has 1 atom stereocenters. The Balaban J connectivity index is 1.45. The number of amides is 1. The number of aromatic nitrogens is 2. The fourth-order valence-electron chi connectivity index (χ4n) is 2.88. The Morgan fingerprint density at radius 2 is 2.17 bits per heavy atom. The lowest BCUT2D eigenvalue weighted by molar-refractivity contribution is 0.0935. The lowest BCUT2D eigenvalue weighted by Crippen LogP contribution is -2.37. The summed E-state index contributed by atoms with van der Waals surface area (Å²) in [5.41, 5.74) is 1.31. The van der Waals surface area contributed by atoms with Gasteiger partial charge in [0.2, 0.25) is 0 Å². The van der Waals surface area contributed by atoms with Crippen molar-refractivity contribution in [1.29, 1.82) is 0 Å². The monoisotopic (exact) mass is 324 g/mol. The van der Waals surface area contributed by atoms with Gasteiger partial charge in [-0.25, -0.2) is 9.97 Å². The minimum absolute atomic E-state index is 0.109. The molecule has 0 bridgehead atoms. The molecule has 3 heterocycles. The van der Waals surface area contributed by atoms with Crippen LogP contribution in [0.2, 0.25) is 0 Å². The number of carbonyl (C=O) groups is 1. The molecule has 1 unspecified atom stereocenters. The number of fused-ring (bicyclic) bond motifs is 1. The van der Waals surface area contributed by atoms with Gasteiger partial charge in [-0.05, 0) is 18.6 Å². The van der Waals surface area contributed by atoms with E-state index in [-0.39, 0.29) is 11.9 Å². The van der Waals surface area contributed by atoms with Gasteiger partial charge in [0.05, 0.1) is 5.52 Å². The van der Waals surface area contributed by atoms with E-state index in [0.717, 1.165) is 35.5 Å². The Bertz CT molecular complexity index is 833. The third-order valence-corrected chi connectivity index (χ3v) is 4.88. The lowest BCUT2D eigenvalue weighted by atomic mass is 10.2. The van der Waals surface area contributed by atoms with Gasteiger partial charge in [-0.1, -0.05) is 24.3 Å². The van der Waals surface area contributed by atoms with Crippen molar-refractivity contribution >= 4 is 33.3 Å².